The van der Waals surface area contributed by atoms with Crippen LogP contribution in [0.25, 0.3) is 0 Å². The molecule has 0 fully saturated rings. The fourth-order valence-electron chi connectivity index (χ4n) is 7.93. The number of carbonyl (C=O) groups is 4. The van der Waals surface area contributed by atoms with E-state index in [2.05, 4.69) is 107 Å². The van der Waals surface area contributed by atoms with Crippen LogP contribution in [0.1, 0.15) is 166 Å². The van der Waals surface area contributed by atoms with Gasteiger partial charge in [-0.15, -0.1) is 0 Å². The molecule has 0 aromatic heterocycles. The number of ether oxygens (including phenoxy) is 4. The summed E-state index contributed by atoms with van der Waals surface area (Å²) in [7, 11) is 1.48. The second-order valence-electron chi connectivity index (χ2n) is 22.8. The van der Waals surface area contributed by atoms with Gasteiger partial charge in [-0.2, -0.15) is 0 Å². The highest BCUT2D eigenvalue weighted by Gasteiger charge is 2.30. The smallest absolute Gasteiger partial charge is 0.463 e. The molecule has 0 unspecified atom stereocenters. The average Bonchev–Trinajstić information content (AvgIpc) is 3.36. The quantitative estimate of drug-likeness (QED) is 0.0240. The van der Waals surface area contributed by atoms with Gasteiger partial charge in [-0.1, -0.05) is 132 Å². The number of rotatable bonds is 27. The summed E-state index contributed by atoms with van der Waals surface area (Å²) in [5.74, 6) is 1.31. The Kier molecular flexibility index (Phi) is 24.1. The van der Waals surface area contributed by atoms with Crippen LogP contribution < -0.4 is 18.1 Å². The van der Waals surface area contributed by atoms with Crippen LogP contribution in [0.5, 0.6) is 23.0 Å². The van der Waals surface area contributed by atoms with Crippen molar-refractivity contribution in [2.24, 2.45) is 0 Å². The lowest BCUT2D eigenvalue weighted by Gasteiger charge is -2.28. The fourth-order valence-corrected chi connectivity index (χ4v) is 10.1. The number of hydrogen-bond acceptors (Lipinski definition) is 14. The lowest BCUT2D eigenvalue weighted by Crippen LogP contribution is -2.16. The Balaban J connectivity index is 1.64. The van der Waals surface area contributed by atoms with Crippen molar-refractivity contribution in [3.8, 4) is 23.0 Å². The first-order valence-corrected chi connectivity index (χ1v) is 28.2. The number of carbonyl (C=O) groups excluding carboxylic acids is 4. The molecule has 0 saturated heterocycles. The van der Waals surface area contributed by atoms with Crippen LogP contribution in [0, 0.1) is 0 Å². The summed E-state index contributed by atoms with van der Waals surface area (Å²) >= 11 is 0. The van der Waals surface area contributed by atoms with Crippen LogP contribution in [0.2, 0.25) is 0 Å². The molecule has 0 aliphatic rings. The zero-order valence-corrected chi connectivity index (χ0v) is 49.8. The SMILES string of the molecule is COC(=O)CCc1ccc(OP(OCCCCOP(Oc2ccc(CCC(=O)OC)cc2C(C)(C)C)Oc2ccc(CCC(=O)OC)cc2C(C)(C)C)Oc2ccc(CCC(=O)OC)cc2C(C)(C)C)c(C(C)(C)C)c1. The van der Waals surface area contributed by atoms with Gasteiger partial charge in [0.15, 0.2) is 0 Å². The predicted octanol–water partition coefficient (Wildman–Crippen LogP) is 14.2. The average molecular weight is 1090 g/mol. The molecule has 4 rings (SSSR count). The summed E-state index contributed by atoms with van der Waals surface area (Å²) < 4.78 is 59.8. The van der Waals surface area contributed by atoms with E-state index in [0.717, 1.165) is 44.5 Å². The van der Waals surface area contributed by atoms with Crippen LogP contribution in [-0.4, -0.2) is 65.5 Å². The Morgan fingerprint density at radius 3 is 0.750 bits per heavy atom. The normalized spacial score (nSPS) is 12.1. The monoisotopic (exact) mass is 1090 g/mol. The van der Waals surface area contributed by atoms with E-state index in [1.165, 1.54) is 28.4 Å². The van der Waals surface area contributed by atoms with Crippen LogP contribution in [0.3, 0.4) is 0 Å². The molecule has 4 aromatic rings. The van der Waals surface area contributed by atoms with Crippen LogP contribution in [0.4, 0.5) is 0 Å². The van der Waals surface area contributed by atoms with Gasteiger partial charge < -0.3 is 37.0 Å². The van der Waals surface area contributed by atoms with Gasteiger partial charge >= 0.3 is 41.1 Å². The van der Waals surface area contributed by atoms with Gasteiger partial charge in [0.25, 0.3) is 0 Å². The molecule has 0 heterocycles. The maximum Gasteiger partial charge on any atom is 0.463 e. The number of aryl methyl sites for hydroxylation is 4. The lowest BCUT2D eigenvalue weighted by molar-refractivity contribution is -0.141. The molecule has 76 heavy (non-hydrogen) atoms. The molecule has 0 bridgehead atoms. The summed E-state index contributed by atoms with van der Waals surface area (Å²) in [6.45, 7) is 25.8. The second-order valence-corrected chi connectivity index (χ2v) is 25.0. The number of benzene rings is 4. The first-order valence-electron chi connectivity index (χ1n) is 26.0. The topological polar surface area (TPSA) is 161 Å². The van der Waals surface area contributed by atoms with Crippen molar-refractivity contribution in [1.29, 1.82) is 0 Å². The zero-order chi connectivity index (χ0) is 56.4. The van der Waals surface area contributed by atoms with Gasteiger partial charge in [-0.3, -0.25) is 28.2 Å². The summed E-state index contributed by atoms with van der Waals surface area (Å²) in [6, 6.07) is 23.7. The Hall–Kier alpha value is -5.26. The lowest BCUT2D eigenvalue weighted by atomic mass is 9.85. The summed E-state index contributed by atoms with van der Waals surface area (Å²) in [4.78, 5) is 48.2. The van der Waals surface area contributed by atoms with E-state index in [-0.39, 0.29) is 84.4 Å². The number of esters is 4. The molecule has 0 atom stereocenters. The molecule has 0 N–H and O–H groups in total. The van der Waals surface area contributed by atoms with Crippen LogP contribution >= 0.6 is 17.2 Å². The van der Waals surface area contributed by atoms with E-state index in [0.29, 0.717) is 61.5 Å². The van der Waals surface area contributed by atoms with E-state index in [1.54, 1.807) is 0 Å². The molecule has 0 spiro atoms. The third kappa shape index (κ3) is 20.6. The van der Waals surface area contributed by atoms with E-state index in [4.69, 9.17) is 46.1 Å². The van der Waals surface area contributed by atoms with Gasteiger partial charge in [0, 0.05) is 47.9 Å². The summed E-state index contributed by atoms with van der Waals surface area (Å²) in [5, 5.41) is 0. The number of hydrogen-bond donors (Lipinski definition) is 0. The van der Waals surface area contributed by atoms with Gasteiger partial charge in [0.05, 0.1) is 41.7 Å². The standard InChI is InChI=1S/C60H84O14P2/c1-57(2,3)45-37-41(23-31-53(61)65-13)19-27-49(45)71-75(72-50-28-20-42(24-32-54(62)66-14)38-46(50)58(4,5)6)69-35-17-18-36-70-76(73-51-29-21-43(25-33-55(63)67-15)39-47(51)59(7,8)9)74-52-30-22-44(26-34-56(64)68-16)40-48(52)60(10,11)12/h19-22,27-30,37-40H,17-18,23-26,31-36H2,1-16H3. The van der Waals surface area contributed by atoms with Crippen molar-refractivity contribution < 1.29 is 65.3 Å². The minimum absolute atomic E-state index is 0.254. The van der Waals surface area contributed by atoms with E-state index in [9.17, 15) is 19.2 Å². The Labute approximate surface area is 455 Å². The summed E-state index contributed by atoms with van der Waals surface area (Å²) in [5.41, 5.74) is 6.28. The van der Waals surface area contributed by atoms with Crippen molar-refractivity contribution >= 4 is 41.1 Å². The predicted molar refractivity (Wildman–Crippen MR) is 299 cm³/mol. The highest BCUT2D eigenvalue weighted by atomic mass is 31.2. The first-order chi connectivity index (χ1) is 35.6. The van der Waals surface area contributed by atoms with Crippen molar-refractivity contribution in [2.45, 2.75) is 169 Å². The molecule has 14 nitrogen and oxygen atoms in total. The number of methoxy groups -OCH3 is 4. The zero-order valence-electron chi connectivity index (χ0n) is 48.0. The van der Waals surface area contributed by atoms with Gasteiger partial charge in [-0.05, 0) is 107 Å². The first kappa shape index (κ1) is 63.3. The van der Waals surface area contributed by atoms with Gasteiger partial charge in [0.1, 0.15) is 23.0 Å². The third-order valence-electron chi connectivity index (χ3n) is 12.4. The highest BCUT2D eigenvalue weighted by Crippen LogP contribution is 2.49. The van der Waals surface area contributed by atoms with Crippen LogP contribution in [0.15, 0.2) is 72.8 Å². The minimum Gasteiger partial charge on any atom is -0.469 e. The van der Waals surface area contributed by atoms with Crippen LogP contribution in [-0.2, 0) is 94.5 Å². The molecule has 0 aliphatic heterocycles. The van der Waals surface area contributed by atoms with Crippen molar-refractivity contribution in [3.63, 3.8) is 0 Å². The summed E-state index contributed by atoms with van der Waals surface area (Å²) in [6.07, 6.45) is 4.20. The molecular weight excluding hydrogens is 1010 g/mol. The van der Waals surface area contributed by atoms with E-state index < -0.39 is 17.2 Å². The molecule has 418 valence electrons. The van der Waals surface area contributed by atoms with Gasteiger partial charge in [0.2, 0.25) is 0 Å². The molecular formula is C60H84O14P2. The Bertz CT molecular complexity index is 2210. The Morgan fingerprint density at radius 2 is 0.566 bits per heavy atom. The molecule has 0 aliphatic carbocycles. The molecule has 0 radical (unpaired) electrons. The molecule has 4 aromatic carbocycles. The maximum absolute atomic E-state index is 12.1. The highest BCUT2D eigenvalue weighted by molar-refractivity contribution is 7.42. The fraction of sp³-hybridized carbons (Fsp3) is 0.533. The Morgan fingerprint density at radius 1 is 0.355 bits per heavy atom. The molecule has 0 saturated carbocycles. The minimum atomic E-state index is -2.04. The maximum atomic E-state index is 12.1. The van der Waals surface area contributed by atoms with E-state index >= 15 is 0 Å². The van der Waals surface area contributed by atoms with Crippen molar-refractivity contribution in [3.05, 3.63) is 117 Å². The molecule has 0 amide bonds. The van der Waals surface area contributed by atoms with Gasteiger partial charge in [-0.25, -0.2) is 0 Å². The second kappa shape index (κ2) is 28.9. The number of unbranched alkanes of at least 4 members (excludes halogenated alkanes) is 1. The van der Waals surface area contributed by atoms with Crippen molar-refractivity contribution in [2.75, 3.05) is 41.7 Å². The van der Waals surface area contributed by atoms with E-state index in [1.807, 2.05) is 48.5 Å². The largest absolute Gasteiger partial charge is 0.469 e. The molecule has 16 heteroatoms. The van der Waals surface area contributed by atoms with Crippen molar-refractivity contribution in [1.82, 2.24) is 0 Å². The third-order valence-corrected chi connectivity index (χ3v) is 14.6.